The molecular formula is C16H21NO. The lowest BCUT2D eigenvalue weighted by atomic mass is 9.86. The second-order valence-electron chi connectivity index (χ2n) is 6.49. The molecule has 0 saturated carbocycles. The predicted molar refractivity (Wildman–Crippen MR) is 74.7 cm³/mol. The molecule has 2 heteroatoms. The Balaban J connectivity index is 3.47. The van der Waals surface area contributed by atoms with Crippen molar-refractivity contribution in [2.24, 2.45) is 5.41 Å². The average molecular weight is 243 g/mol. The van der Waals surface area contributed by atoms with Crippen molar-refractivity contribution in [1.29, 1.82) is 0 Å². The lowest BCUT2D eigenvalue weighted by Gasteiger charge is -2.20. The van der Waals surface area contributed by atoms with Crippen LogP contribution in [0.1, 0.15) is 63.2 Å². The van der Waals surface area contributed by atoms with Crippen molar-refractivity contribution in [3.8, 4) is 11.8 Å². The van der Waals surface area contributed by atoms with Crippen molar-refractivity contribution < 1.29 is 4.79 Å². The lowest BCUT2D eigenvalue weighted by molar-refractivity contribution is 0.112. The summed E-state index contributed by atoms with van der Waals surface area (Å²) in [5, 5.41) is 0. The summed E-state index contributed by atoms with van der Waals surface area (Å²) >= 11 is 0. The molecule has 1 aromatic heterocycles. The summed E-state index contributed by atoms with van der Waals surface area (Å²) in [7, 11) is 0. The van der Waals surface area contributed by atoms with Gasteiger partial charge < -0.3 is 0 Å². The van der Waals surface area contributed by atoms with E-state index in [2.05, 4.69) is 37.6 Å². The first-order valence-corrected chi connectivity index (χ1v) is 6.13. The Kier molecular flexibility index (Phi) is 3.96. The number of carbonyl (C=O) groups excluding carboxylic acids is 1. The van der Waals surface area contributed by atoms with Crippen molar-refractivity contribution in [3.63, 3.8) is 0 Å². The van der Waals surface area contributed by atoms with Crippen LogP contribution in [-0.4, -0.2) is 11.3 Å². The van der Waals surface area contributed by atoms with Crippen LogP contribution < -0.4 is 0 Å². The summed E-state index contributed by atoms with van der Waals surface area (Å²) in [6.07, 6.45) is 2.52. The SMILES string of the molecule is CC(C)(C)C#Cc1c(C=O)ccnc1C(C)(C)C. The molecule has 0 atom stereocenters. The van der Waals surface area contributed by atoms with Gasteiger partial charge in [0.05, 0.1) is 11.3 Å². The Morgan fingerprint density at radius 1 is 1.17 bits per heavy atom. The fraction of sp³-hybridized carbons (Fsp3) is 0.500. The zero-order valence-electron chi connectivity index (χ0n) is 12.1. The summed E-state index contributed by atoms with van der Waals surface area (Å²) in [5.41, 5.74) is 2.04. The third kappa shape index (κ3) is 3.70. The van der Waals surface area contributed by atoms with E-state index in [9.17, 15) is 4.79 Å². The van der Waals surface area contributed by atoms with E-state index in [0.717, 1.165) is 17.5 Å². The van der Waals surface area contributed by atoms with Crippen LogP contribution in [0.4, 0.5) is 0 Å². The first kappa shape index (κ1) is 14.4. The third-order valence-electron chi connectivity index (χ3n) is 2.38. The van der Waals surface area contributed by atoms with Gasteiger partial charge in [-0.25, -0.2) is 0 Å². The van der Waals surface area contributed by atoms with Gasteiger partial charge in [-0.05, 0) is 26.8 Å². The van der Waals surface area contributed by atoms with Crippen LogP contribution in [0.2, 0.25) is 0 Å². The highest BCUT2D eigenvalue weighted by atomic mass is 16.1. The van der Waals surface area contributed by atoms with Crippen LogP contribution in [-0.2, 0) is 5.41 Å². The number of pyridine rings is 1. The van der Waals surface area contributed by atoms with Crippen LogP contribution in [0, 0.1) is 17.3 Å². The molecule has 0 amide bonds. The fourth-order valence-electron chi connectivity index (χ4n) is 1.52. The summed E-state index contributed by atoms with van der Waals surface area (Å²) in [5.74, 6) is 6.31. The molecule has 0 radical (unpaired) electrons. The molecule has 1 heterocycles. The molecule has 1 aromatic rings. The maximum atomic E-state index is 11.1. The number of carbonyl (C=O) groups is 1. The van der Waals surface area contributed by atoms with Crippen LogP contribution in [0.3, 0.4) is 0 Å². The van der Waals surface area contributed by atoms with Crippen LogP contribution in [0.5, 0.6) is 0 Å². The molecule has 18 heavy (non-hydrogen) atoms. The summed E-state index contributed by atoms with van der Waals surface area (Å²) in [6.45, 7) is 12.4. The molecular weight excluding hydrogens is 222 g/mol. The standard InChI is InChI=1S/C16H21NO/c1-15(2,3)9-7-13-12(11-18)8-10-17-14(13)16(4,5)6/h8,10-11H,1-6H3. The zero-order valence-corrected chi connectivity index (χ0v) is 12.1. The topological polar surface area (TPSA) is 30.0 Å². The maximum absolute atomic E-state index is 11.1. The highest BCUT2D eigenvalue weighted by Crippen LogP contribution is 2.25. The van der Waals surface area contributed by atoms with Crippen molar-refractivity contribution in [2.75, 3.05) is 0 Å². The second-order valence-corrected chi connectivity index (χ2v) is 6.49. The fourth-order valence-corrected chi connectivity index (χ4v) is 1.52. The van der Waals surface area contributed by atoms with E-state index in [1.165, 1.54) is 0 Å². The first-order valence-electron chi connectivity index (χ1n) is 6.13. The molecule has 96 valence electrons. The molecule has 0 unspecified atom stereocenters. The number of hydrogen-bond donors (Lipinski definition) is 0. The van der Waals surface area contributed by atoms with E-state index in [1.54, 1.807) is 12.3 Å². The molecule has 0 aliphatic heterocycles. The number of aldehydes is 1. The molecule has 0 spiro atoms. The van der Waals surface area contributed by atoms with Gasteiger partial charge in [0.15, 0.2) is 6.29 Å². The summed E-state index contributed by atoms with van der Waals surface area (Å²) < 4.78 is 0. The van der Waals surface area contributed by atoms with E-state index in [1.807, 2.05) is 20.8 Å². The maximum Gasteiger partial charge on any atom is 0.151 e. The number of aromatic nitrogens is 1. The molecule has 0 fully saturated rings. The Morgan fingerprint density at radius 3 is 2.22 bits per heavy atom. The molecule has 0 N–H and O–H groups in total. The minimum Gasteiger partial charge on any atom is -0.298 e. The van der Waals surface area contributed by atoms with E-state index in [4.69, 9.17) is 0 Å². The minimum absolute atomic E-state index is 0.0921. The van der Waals surface area contributed by atoms with Gasteiger partial charge in [-0.1, -0.05) is 32.6 Å². The molecule has 0 aliphatic carbocycles. The zero-order chi connectivity index (χ0) is 14.0. The van der Waals surface area contributed by atoms with Crippen molar-refractivity contribution in [3.05, 3.63) is 29.1 Å². The molecule has 0 saturated heterocycles. The number of hydrogen-bond acceptors (Lipinski definition) is 2. The molecule has 1 rings (SSSR count). The van der Waals surface area contributed by atoms with E-state index in [0.29, 0.717) is 5.56 Å². The van der Waals surface area contributed by atoms with Gasteiger partial charge in [0, 0.05) is 22.6 Å². The van der Waals surface area contributed by atoms with Gasteiger partial charge in [0.25, 0.3) is 0 Å². The predicted octanol–water partition coefficient (Wildman–Crippen LogP) is 3.59. The molecule has 0 bridgehead atoms. The summed E-state index contributed by atoms with van der Waals surface area (Å²) in [4.78, 5) is 15.5. The largest absolute Gasteiger partial charge is 0.298 e. The van der Waals surface area contributed by atoms with Gasteiger partial charge in [-0.15, -0.1) is 0 Å². The van der Waals surface area contributed by atoms with E-state index in [-0.39, 0.29) is 10.8 Å². The number of nitrogens with zero attached hydrogens (tertiary/aromatic N) is 1. The van der Waals surface area contributed by atoms with E-state index >= 15 is 0 Å². The highest BCUT2D eigenvalue weighted by molar-refractivity contribution is 5.80. The van der Waals surface area contributed by atoms with E-state index < -0.39 is 0 Å². The molecule has 0 aromatic carbocycles. The van der Waals surface area contributed by atoms with Crippen molar-refractivity contribution in [1.82, 2.24) is 4.98 Å². The second kappa shape index (κ2) is 4.94. The summed E-state index contributed by atoms with van der Waals surface area (Å²) in [6, 6.07) is 1.72. The molecule has 0 aliphatic rings. The Hall–Kier alpha value is -1.62. The van der Waals surface area contributed by atoms with Crippen molar-refractivity contribution >= 4 is 6.29 Å². The Bertz CT molecular complexity index is 505. The lowest BCUT2D eigenvalue weighted by Crippen LogP contribution is -2.17. The smallest absolute Gasteiger partial charge is 0.151 e. The monoisotopic (exact) mass is 243 g/mol. The van der Waals surface area contributed by atoms with Crippen LogP contribution in [0.25, 0.3) is 0 Å². The van der Waals surface area contributed by atoms with Crippen LogP contribution in [0.15, 0.2) is 12.3 Å². The highest BCUT2D eigenvalue weighted by Gasteiger charge is 2.21. The van der Waals surface area contributed by atoms with Crippen LogP contribution >= 0.6 is 0 Å². The van der Waals surface area contributed by atoms with Gasteiger partial charge >= 0.3 is 0 Å². The normalized spacial score (nSPS) is 11.7. The minimum atomic E-state index is -0.124. The Morgan fingerprint density at radius 2 is 1.78 bits per heavy atom. The first-order chi connectivity index (χ1) is 8.15. The number of rotatable bonds is 1. The molecule has 2 nitrogen and oxygen atoms in total. The quantitative estimate of drug-likeness (QED) is 0.557. The Labute approximate surface area is 110 Å². The van der Waals surface area contributed by atoms with Gasteiger partial charge in [-0.3, -0.25) is 9.78 Å². The van der Waals surface area contributed by atoms with Gasteiger partial charge in [0.2, 0.25) is 0 Å². The van der Waals surface area contributed by atoms with Crippen molar-refractivity contribution in [2.45, 2.75) is 47.0 Å². The average Bonchev–Trinajstić information content (AvgIpc) is 2.23. The van der Waals surface area contributed by atoms with Gasteiger partial charge in [-0.2, -0.15) is 0 Å². The third-order valence-corrected chi connectivity index (χ3v) is 2.38. The van der Waals surface area contributed by atoms with Gasteiger partial charge in [0.1, 0.15) is 0 Å².